The van der Waals surface area contributed by atoms with Crippen molar-refractivity contribution in [2.75, 3.05) is 0 Å². The summed E-state index contributed by atoms with van der Waals surface area (Å²) in [5.74, 6) is 0.380. The van der Waals surface area contributed by atoms with E-state index in [1.807, 2.05) is 34.6 Å². The molecule has 1 aromatic heterocycles. The molecule has 0 radical (unpaired) electrons. The van der Waals surface area contributed by atoms with E-state index >= 15 is 0 Å². The molecule has 0 aliphatic heterocycles. The summed E-state index contributed by atoms with van der Waals surface area (Å²) in [6.45, 7) is 9.88. The average Bonchev–Trinajstić information content (AvgIpc) is 2.86. The average molecular weight is 281 g/mol. The zero-order valence-corrected chi connectivity index (χ0v) is 12.7. The fourth-order valence-corrected chi connectivity index (χ4v) is 2.52. The molecule has 1 heterocycles. The maximum atomic E-state index is 12.1. The smallest absolute Gasteiger partial charge is 0.392 e. The van der Waals surface area contributed by atoms with Gasteiger partial charge in [-0.05, 0) is 39.5 Å². The van der Waals surface area contributed by atoms with E-state index in [2.05, 4.69) is 15.5 Å². The minimum absolute atomic E-state index is 0.0687. The number of aromatic amines is 1. The molecule has 112 valence electrons. The van der Waals surface area contributed by atoms with Crippen molar-refractivity contribution in [1.29, 1.82) is 0 Å². The Morgan fingerprint density at radius 3 is 2.55 bits per heavy atom. The number of H-pyrrole nitrogens is 1. The Bertz CT molecular complexity index is 551. The number of hydrogen-bond acceptors (Lipinski definition) is 4. The maximum Gasteiger partial charge on any atom is 0.434 e. The molecule has 1 aromatic rings. The summed E-state index contributed by atoms with van der Waals surface area (Å²) in [7, 11) is 0. The summed E-state index contributed by atoms with van der Waals surface area (Å²) in [4.78, 5) is 23.1. The van der Waals surface area contributed by atoms with Gasteiger partial charge in [-0.25, -0.2) is 9.89 Å². The van der Waals surface area contributed by atoms with Crippen molar-refractivity contribution < 1.29 is 9.21 Å². The predicted molar refractivity (Wildman–Crippen MR) is 74.3 cm³/mol. The van der Waals surface area contributed by atoms with Gasteiger partial charge in [0.25, 0.3) is 0 Å². The van der Waals surface area contributed by atoms with Gasteiger partial charge in [-0.3, -0.25) is 4.79 Å². The Morgan fingerprint density at radius 2 is 2.05 bits per heavy atom. The van der Waals surface area contributed by atoms with Crippen molar-refractivity contribution >= 4 is 5.91 Å². The van der Waals surface area contributed by atoms with Crippen LogP contribution < -0.4 is 11.1 Å². The van der Waals surface area contributed by atoms with Crippen LogP contribution in [0.25, 0.3) is 0 Å². The van der Waals surface area contributed by atoms with E-state index in [1.165, 1.54) is 0 Å². The molecule has 0 saturated heterocycles. The number of nitrogens with zero attached hydrogens (tertiary/aromatic N) is 1. The second-order valence-corrected chi connectivity index (χ2v) is 7.35. The van der Waals surface area contributed by atoms with Crippen LogP contribution in [-0.2, 0) is 10.2 Å². The first-order valence-electron chi connectivity index (χ1n) is 6.96. The molecule has 0 spiro atoms. The third-order valence-electron chi connectivity index (χ3n) is 3.55. The first kappa shape index (κ1) is 14.8. The fourth-order valence-electron chi connectivity index (χ4n) is 2.52. The number of aromatic nitrogens is 2. The zero-order valence-electron chi connectivity index (χ0n) is 12.7. The lowest BCUT2D eigenvalue weighted by Crippen LogP contribution is -2.41. The van der Waals surface area contributed by atoms with Gasteiger partial charge in [-0.15, -0.1) is 5.10 Å². The second-order valence-electron chi connectivity index (χ2n) is 7.35. The van der Waals surface area contributed by atoms with Crippen molar-refractivity contribution in [3.8, 4) is 0 Å². The van der Waals surface area contributed by atoms with Crippen LogP contribution in [-0.4, -0.2) is 21.6 Å². The van der Waals surface area contributed by atoms with Crippen LogP contribution in [0.5, 0.6) is 0 Å². The molecule has 2 atom stereocenters. The molecule has 6 nitrogen and oxygen atoms in total. The van der Waals surface area contributed by atoms with Crippen LogP contribution in [0.4, 0.5) is 0 Å². The molecule has 1 aliphatic rings. The molecule has 0 aromatic carbocycles. The van der Waals surface area contributed by atoms with Crippen molar-refractivity contribution in [2.45, 2.75) is 58.4 Å². The quantitative estimate of drug-likeness (QED) is 0.877. The topological polar surface area (TPSA) is 88.0 Å². The normalized spacial score (nSPS) is 22.6. The SMILES string of the molecule is CC(C)(C)NC(=O)C1CC1CC(C)(C)c1n[nH]c(=O)o1. The minimum Gasteiger partial charge on any atom is -0.392 e. The van der Waals surface area contributed by atoms with E-state index in [4.69, 9.17) is 4.42 Å². The van der Waals surface area contributed by atoms with Crippen molar-refractivity contribution in [1.82, 2.24) is 15.5 Å². The van der Waals surface area contributed by atoms with Gasteiger partial charge in [-0.2, -0.15) is 0 Å². The molecule has 6 heteroatoms. The summed E-state index contributed by atoms with van der Waals surface area (Å²) in [6, 6.07) is 0. The molecule has 1 amide bonds. The number of rotatable bonds is 4. The standard InChI is InChI=1S/C14H23N3O3/c1-13(2,3)15-10(18)9-6-8(9)7-14(4,5)11-16-17-12(19)20-11/h8-9H,6-7H2,1-5H3,(H,15,18)(H,17,19). The highest BCUT2D eigenvalue weighted by Gasteiger charge is 2.47. The maximum absolute atomic E-state index is 12.1. The first-order valence-corrected chi connectivity index (χ1v) is 6.96. The van der Waals surface area contributed by atoms with Gasteiger partial charge in [-0.1, -0.05) is 13.8 Å². The molecule has 20 heavy (non-hydrogen) atoms. The van der Waals surface area contributed by atoms with Crippen LogP contribution in [0.15, 0.2) is 9.21 Å². The lowest BCUT2D eigenvalue weighted by Gasteiger charge is -2.22. The Morgan fingerprint density at radius 1 is 1.40 bits per heavy atom. The van der Waals surface area contributed by atoms with Gasteiger partial charge in [0.2, 0.25) is 11.8 Å². The lowest BCUT2D eigenvalue weighted by molar-refractivity contribution is -0.124. The van der Waals surface area contributed by atoms with E-state index in [1.54, 1.807) is 0 Å². The van der Waals surface area contributed by atoms with E-state index in [0.29, 0.717) is 11.8 Å². The highest BCUT2D eigenvalue weighted by Crippen LogP contribution is 2.46. The van der Waals surface area contributed by atoms with Crippen LogP contribution in [0, 0.1) is 11.8 Å². The molecule has 1 saturated carbocycles. The highest BCUT2D eigenvalue weighted by atomic mass is 16.4. The van der Waals surface area contributed by atoms with E-state index in [0.717, 1.165) is 12.8 Å². The van der Waals surface area contributed by atoms with Gasteiger partial charge in [0.05, 0.1) is 0 Å². The highest BCUT2D eigenvalue weighted by molar-refractivity contribution is 5.82. The summed E-state index contributed by atoms with van der Waals surface area (Å²) in [6.07, 6.45) is 1.67. The van der Waals surface area contributed by atoms with E-state index in [-0.39, 0.29) is 22.8 Å². The Labute approximate surface area is 118 Å². The third kappa shape index (κ3) is 3.49. The molecule has 2 rings (SSSR count). The van der Waals surface area contributed by atoms with Crippen LogP contribution in [0.2, 0.25) is 0 Å². The van der Waals surface area contributed by atoms with Gasteiger partial charge in [0.15, 0.2) is 0 Å². The third-order valence-corrected chi connectivity index (χ3v) is 3.55. The van der Waals surface area contributed by atoms with Gasteiger partial charge in [0, 0.05) is 16.9 Å². The molecule has 0 bridgehead atoms. The second kappa shape index (κ2) is 4.75. The number of carbonyl (C=O) groups excluding carboxylic acids is 1. The lowest BCUT2D eigenvalue weighted by atomic mass is 9.86. The molecule has 1 fully saturated rings. The summed E-state index contributed by atoms with van der Waals surface area (Å²) in [5, 5.41) is 9.18. The number of carbonyl (C=O) groups is 1. The molecule has 1 aliphatic carbocycles. The van der Waals surface area contributed by atoms with Crippen molar-refractivity contribution in [3.05, 3.63) is 16.4 Å². The predicted octanol–water partition coefficient (Wildman–Crippen LogP) is 1.58. The summed E-state index contributed by atoms with van der Waals surface area (Å²) in [5.41, 5.74) is -0.546. The van der Waals surface area contributed by atoms with Gasteiger partial charge >= 0.3 is 5.76 Å². The molecule has 2 N–H and O–H groups in total. The summed E-state index contributed by atoms with van der Waals surface area (Å²) < 4.78 is 5.03. The van der Waals surface area contributed by atoms with Gasteiger partial charge in [0.1, 0.15) is 0 Å². The van der Waals surface area contributed by atoms with Crippen molar-refractivity contribution in [3.63, 3.8) is 0 Å². The van der Waals surface area contributed by atoms with Crippen molar-refractivity contribution in [2.24, 2.45) is 11.8 Å². The van der Waals surface area contributed by atoms with E-state index < -0.39 is 5.76 Å². The minimum atomic E-state index is -0.536. The number of nitrogens with one attached hydrogen (secondary N) is 2. The Kier molecular flexibility index (Phi) is 3.52. The zero-order chi connectivity index (χ0) is 15.1. The Balaban J connectivity index is 1.93. The summed E-state index contributed by atoms with van der Waals surface area (Å²) >= 11 is 0. The van der Waals surface area contributed by atoms with Gasteiger partial charge < -0.3 is 9.73 Å². The van der Waals surface area contributed by atoms with Crippen LogP contribution in [0.3, 0.4) is 0 Å². The van der Waals surface area contributed by atoms with Crippen LogP contribution >= 0.6 is 0 Å². The van der Waals surface area contributed by atoms with Crippen LogP contribution in [0.1, 0.15) is 53.4 Å². The molecular weight excluding hydrogens is 258 g/mol. The Hall–Kier alpha value is -1.59. The van der Waals surface area contributed by atoms with E-state index in [9.17, 15) is 9.59 Å². The first-order chi connectivity index (χ1) is 9.08. The largest absolute Gasteiger partial charge is 0.434 e. The number of amides is 1. The molecular formula is C14H23N3O3. The monoisotopic (exact) mass is 281 g/mol. The molecule has 2 unspecified atom stereocenters. The fraction of sp³-hybridized carbons (Fsp3) is 0.786. The number of hydrogen-bond donors (Lipinski definition) is 2.